The number of phenols is 1. The molecule has 0 aliphatic carbocycles. The van der Waals surface area contributed by atoms with Crippen LogP contribution in [0.4, 0.5) is 31.7 Å². The lowest BCUT2D eigenvalue weighted by Crippen LogP contribution is -2.60. The number of rotatable bonds is 5. The van der Waals surface area contributed by atoms with Crippen LogP contribution < -0.4 is 20.0 Å². The lowest BCUT2D eigenvalue weighted by molar-refractivity contribution is -0.135. The maximum Gasteiger partial charge on any atom is 0.233 e. The van der Waals surface area contributed by atoms with Gasteiger partial charge in [0.2, 0.25) is 17.7 Å². The second kappa shape index (κ2) is 13.1. The molecule has 4 fully saturated rings. The number of fused-ring (bicyclic) bond motifs is 3. The Morgan fingerprint density at radius 1 is 0.860 bits per heavy atom. The van der Waals surface area contributed by atoms with Gasteiger partial charge in [0.15, 0.2) is 17.5 Å². The van der Waals surface area contributed by atoms with E-state index in [2.05, 4.69) is 25.3 Å². The van der Waals surface area contributed by atoms with Crippen LogP contribution in [0.25, 0.3) is 11.3 Å². The number of imide groups is 1. The number of hydrogen-bond donors (Lipinski definition) is 2. The molecule has 262 valence electrons. The molecule has 1 aromatic heterocycles. The zero-order valence-electron chi connectivity index (χ0n) is 27.7. The molecule has 12 nitrogen and oxygen atoms in total. The quantitative estimate of drug-likeness (QED) is 0.385. The van der Waals surface area contributed by atoms with Crippen molar-refractivity contribution in [2.45, 2.75) is 50.6 Å². The Morgan fingerprint density at radius 2 is 1.60 bits per heavy atom. The fourth-order valence-corrected chi connectivity index (χ4v) is 8.30. The van der Waals surface area contributed by atoms with E-state index in [0.29, 0.717) is 67.3 Å². The Balaban J connectivity index is 0.860. The molecule has 0 bridgehead atoms. The second-order valence-electron chi connectivity index (χ2n) is 13.9. The van der Waals surface area contributed by atoms with Crippen LogP contribution in [0.3, 0.4) is 0 Å². The molecule has 0 spiro atoms. The Bertz CT molecular complexity index is 1800. The maximum absolute atomic E-state index is 15.2. The van der Waals surface area contributed by atoms with Crippen LogP contribution in [0.2, 0.25) is 0 Å². The largest absolute Gasteiger partial charge is 0.507 e. The molecule has 3 aromatic rings. The van der Waals surface area contributed by atoms with E-state index in [4.69, 9.17) is 0 Å². The van der Waals surface area contributed by atoms with E-state index in [0.717, 1.165) is 44.1 Å². The SMILES string of the molecule is O=C(C1CCN(c2cc(F)c(N3C(=O)CCCC3=O)c(F)c2)CC1)N1CCC(N2CCN3c4cc(-c5ccccc5O)nnc4NC[C@H]3C2)C1. The maximum atomic E-state index is 15.2. The van der Waals surface area contributed by atoms with Crippen LogP contribution in [0.5, 0.6) is 5.75 Å². The van der Waals surface area contributed by atoms with Crippen molar-refractivity contribution >= 4 is 40.6 Å². The number of benzene rings is 2. The van der Waals surface area contributed by atoms with Crippen molar-refractivity contribution in [1.82, 2.24) is 20.0 Å². The molecule has 0 radical (unpaired) electrons. The number of anilines is 4. The lowest BCUT2D eigenvalue weighted by Gasteiger charge is -2.47. The summed E-state index contributed by atoms with van der Waals surface area (Å²) in [6.07, 6.45) is 2.60. The second-order valence-corrected chi connectivity index (χ2v) is 13.9. The monoisotopic (exact) mass is 686 g/mol. The lowest BCUT2D eigenvalue weighted by atomic mass is 9.95. The molecule has 2 atom stereocenters. The summed E-state index contributed by atoms with van der Waals surface area (Å²) in [4.78, 5) is 47.6. The van der Waals surface area contributed by atoms with Gasteiger partial charge in [-0.1, -0.05) is 12.1 Å². The molecule has 4 saturated heterocycles. The first-order valence-electron chi connectivity index (χ1n) is 17.5. The number of para-hydroxylation sites is 1. The number of likely N-dealkylation sites (tertiary alicyclic amines) is 1. The molecule has 5 aliphatic heterocycles. The van der Waals surface area contributed by atoms with Gasteiger partial charge in [0.05, 0.1) is 17.4 Å². The number of aromatic nitrogens is 2. The van der Waals surface area contributed by atoms with Crippen molar-refractivity contribution in [1.29, 1.82) is 0 Å². The third kappa shape index (κ3) is 5.88. The Hall–Kier alpha value is -4.85. The number of hydrogen-bond acceptors (Lipinski definition) is 10. The van der Waals surface area contributed by atoms with Gasteiger partial charge < -0.3 is 25.1 Å². The third-order valence-corrected chi connectivity index (χ3v) is 11.0. The third-order valence-electron chi connectivity index (χ3n) is 11.0. The van der Waals surface area contributed by atoms with E-state index in [-0.39, 0.29) is 42.5 Å². The number of carbonyl (C=O) groups is 3. The number of amides is 3. The summed E-state index contributed by atoms with van der Waals surface area (Å²) in [7, 11) is 0. The molecule has 1 unspecified atom stereocenters. The van der Waals surface area contributed by atoms with Gasteiger partial charge in [-0.15, -0.1) is 10.2 Å². The number of halogens is 2. The highest BCUT2D eigenvalue weighted by molar-refractivity contribution is 6.16. The molecule has 50 heavy (non-hydrogen) atoms. The number of phenolic OH excluding ortho intramolecular Hbond substituents is 1. The molecule has 0 saturated carbocycles. The number of nitrogens with zero attached hydrogens (tertiary/aromatic N) is 7. The van der Waals surface area contributed by atoms with Gasteiger partial charge in [0.1, 0.15) is 11.4 Å². The zero-order chi connectivity index (χ0) is 34.5. The molecule has 2 aromatic carbocycles. The summed E-state index contributed by atoms with van der Waals surface area (Å²) in [5.74, 6) is -2.16. The van der Waals surface area contributed by atoms with E-state index in [1.54, 1.807) is 12.1 Å². The summed E-state index contributed by atoms with van der Waals surface area (Å²) in [5.41, 5.74) is 2.00. The molecule has 8 rings (SSSR count). The summed E-state index contributed by atoms with van der Waals surface area (Å²) in [6, 6.07) is 12.0. The predicted molar refractivity (Wildman–Crippen MR) is 183 cm³/mol. The summed E-state index contributed by atoms with van der Waals surface area (Å²) in [6.45, 7) is 5.63. The Labute approximate surface area is 288 Å². The summed E-state index contributed by atoms with van der Waals surface area (Å²) < 4.78 is 30.3. The number of nitrogens with one attached hydrogen (secondary N) is 1. The van der Waals surface area contributed by atoms with Crippen LogP contribution in [0.15, 0.2) is 42.5 Å². The van der Waals surface area contributed by atoms with E-state index in [9.17, 15) is 19.5 Å². The fraction of sp³-hybridized carbons (Fsp3) is 0.472. The van der Waals surface area contributed by atoms with E-state index >= 15 is 8.78 Å². The highest BCUT2D eigenvalue weighted by Crippen LogP contribution is 2.37. The fourth-order valence-electron chi connectivity index (χ4n) is 8.30. The van der Waals surface area contributed by atoms with Gasteiger partial charge in [0.25, 0.3) is 0 Å². The van der Waals surface area contributed by atoms with Crippen molar-refractivity contribution in [3.63, 3.8) is 0 Å². The average Bonchev–Trinajstić information content (AvgIpc) is 3.62. The molecule has 5 aliphatic rings. The van der Waals surface area contributed by atoms with Crippen molar-refractivity contribution in [2.24, 2.45) is 5.92 Å². The van der Waals surface area contributed by atoms with Gasteiger partial charge in [0, 0.05) is 88.4 Å². The molecule has 3 amide bonds. The smallest absolute Gasteiger partial charge is 0.233 e. The molecule has 2 N–H and O–H groups in total. The molecule has 14 heteroatoms. The highest BCUT2D eigenvalue weighted by Gasteiger charge is 2.40. The van der Waals surface area contributed by atoms with Crippen molar-refractivity contribution in [3.8, 4) is 17.0 Å². The minimum atomic E-state index is -0.940. The topological polar surface area (TPSA) is 125 Å². The minimum Gasteiger partial charge on any atom is -0.507 e. The van der Waals surface area contributed by atoms with Crippen LogP contribution in [-0.2, 0) is 14.4 Å². The van der Waals surface area contributed by atoms with Gasteiger partial charge in [-0.3, -0.25) is 19.3 Å². The highest BCUT2D eigenvalue weighted by atomic mass is 19.1. The van der Waals surface area contributed by atoms with E-state index in [1.807, 2.05) is 28.0 Å². The molecular weight excluding hydrogens is 646 g/mol. The van der Waals surface area contributed by atoms with Gasteiger partial charge in [-0.05, 0) is 56.0 Å². The standard InChI is InChI=1S/C36H40F2N8O4/c37-27-16-24(17-28(38)34(27)46-32(48)6-3-7-33(46)49)42-11-8-22(9-12-42)36(50)44-13-10-23(20-44)43-14-15-45-25(21-43)19-39-35-30(45)18-29(40-41-35)26-4-1-2-5-31(26)47/h1-2,4-5,16-18,22-23,25,47H,3,6-15,19-21H2,(H,39,41)/t23?,25-/m0/s1. The Morgan fingerprint density at radius 3 is 2.34 bits per heavy atom. The van der Waals surface area contributed by atoms with E-state index < -0.39 is 29.1 Å². The van der Waals surface area contributed by atoms with Crippen molar-refractivity contribution < 1.29 is 28.3 Å². The normalized spacial score (nSPS) is 23.2. The van der Waals surface area contributed by atoms with Crippen LogP contribution in [0.1, 0.15) is 38.5 Å². The zero-order valence-corrected chi connectivity index (χ0v) is 27.7. The average molecular weight is 687 g/mol. The predicted octanol–water partition coefficient (Wildman–Crippen LogP) is 3.60. The van der Waals surface area contributed by atoms with E-state index in [1.165, 1.54) is 12.1 Å². The number of piperazine rings is 1. The van der Waals surface area contributed by atoms with Crippen molar-refractivity contribution in [3.05, 3.63) is 54.1 Å². The van der Waals surface area contributed by atoms with Crippen LogP contribution in [-0.4, -0.2) is 107 Å². The van der Waals surface area contributed by atoms with Crippen LogP contribution >= 0.6 is 0 Å². The first kappa shape index (κ1) is 32.4. The summed E-state index contributed by atoms with van der Waals surface area (Å²) in [5, 5.41) is 22.6. The summed E-state index contributed by atoms with van der Waals surface area (Å²) >= 11 is 0. The first-order chi connectivity index (χ1) is 24.2. The minimum absolute atomic E-state index is 0.0783. The number of aromatic hydroxyl groups is 1. The van der Waals surface area contributed by atoms with Gasteiger partial charge in [-0.25, -0.2) is 13.7 Å². The first-order valence-corrected chi connectivity index (χ1v) is 17.5. The Kier molecular flexibility index (Phi) is 8.49. The molecular formula is C36H40F2N8O4. The van der Waals surface area contributed by atoms with Crippen molar-refractivity contribution in [2.75, 3.05) is 72.4 Å². The number of piperidine rings is 2. The van der Waals surface area contributed by atoms with Gasteiger partial charge in [-0.2, -0.15) is 0 Å². The molecule has 6 heterocycles. The van der Waals surface area contributed by atoms with Crippen LogP contribution in [0, 0.1) is 17.6 Å². The van der Waals surface area contributed by atoms with Gasteiger partial charge >= 0.3 is 0 Å². The number of carbonyl (C=O) groups excluding carboxylic acids is 3.